The van der Waals surface area contributed by atoms with E-state index in [-0.39, 0.29) is 36.0 Å². The van der Waals surface area contributed by atoms with E-state index >= 15 is 0 Å². The van der Waals surface area contributed by atoms with Crippen LogP contribution in [0, 0.1) is 17.8 Å². The van der Waals surface area contributed by atoms with Crippen LogP contribution in [0.3, 0.4) is 0 Å². The van der Waals surface area contributed by atoms with Crippen LogP contribution in [0.1, 0.15) is 93.4 Å². The third kappa shape index (κ3) is 11.1. The molecule has 0 spiro atoms. The van der Waals surface area contributed by atoms with Gasteiger partial charge in [0.25, 0.3) is 0 Å². The van der Waals surface area contributed by atoms with Gasteiger partial charge in [0.05, 0.1) is 60.6 Å². The highest BCUT2D eigenvalue weighted by atomic mass is 16.7. The number of para-hydroxylation sites is 1. The summed E-state index contributed by atoms with van der Waals surface area (Å²) in [7, 11) is 3.98. The number of benzene rings is 1. The van der Waals surface area contributed by atoms with Crippen molar-refractivity contribution in [2.24, 2.45) is 17.8 Å². The van der Waals surface area contributed by atoms with Crippen molar-refractivity contribution in [2.45, 2.75) is 148 Å². The zero-order chi connectivity index (χ0) is 36.4. The number of aromatic nitrogens is 1. The van der Waals surface area contributed by atoms with Gasteiger partial charge in [-0.2, -0.15) is 0 Å². The molecule has 50 heavy (non-hydrogen) atoms. The van der Waals surface area contributed by atoms with Crippen LogP contribution in [0.25, 0.3) is 10.9 Å². The van der Waals surface area contributed by atoms with Crippen LogP contribution in [0.4, 0.5) is 5.69 Å². The Morgan fingerprint density at radius 3 is 2.50 bits per heavy atom. The number of anilines is 1. The Bertz CT molecular complexity index is 1270. The predicted molar refractivity (Wildman–Crippen MR) is 199 cm³/mol. The number of aliphatic hydroxyl groups is 2. The molecule has 2 aliphatic heterocycles. The van der Waals surface area contributed by atoms with Gasteiger partial charge >= 0.3 is 0 Å². The Balaban J connectivity index is 1.53. The summed E-state index contributed by atoms with van der Waals surface area (Å²) in [5, 5.41) is 26.7. The van der Waals surface area contributed by atoms with E-state index in [9.17, 15) is 10.2 Å². The first-order valence-electron chi connectivity index (χ1n) is 19.2. The fourth-order valence-corrected chi connectivity index (χ4v) is 7.68. The Kier molecular flexibility index (Phi) is 15.7. The molecule has 2 saturated heterocycles. The minimum absolute atomic E-state index is 0.0690. The zero-order valence-electron chi connectivity index (χ0n) is 32.2. The molecule has 2 fully saturated rings. The first-order chi connectivity index (χ1) is 23.8. The third-order valence-electron chi connectivity index (χ3n) is 10.8. The molecule has 0 radical (unpaired) electrons. The van der Waals surface area contributed by atoms with Gasteiger partial charge in [0.15, 0.2) is 12.6 Å². The van der Waals surface area contributed by atoms with Crippen LogP contribution in [0.15, 0.2) is 36.5 Å². The molecule has 0 aliphatic carbocycles. The maximum atomic E-state index is 11.5. The fraction of sp³-hybridized carbons (Fsp3) is 0.775. The van der Waals surface area contributed by atoms with E-state index in [4.69, 9.17) is 23.7 Å². The van der Waals surface area contributed by atoms with Gasteiger partial charge in [0.1, 0.15) is 6.10 Å². The molecule has 0 amide bonds. The SMILES string of the molecule is CCCCC(CNc1cnc2ccccc2c1)COC(C)(CCC)C(OC1OC(C)CC(N(C)C)C1O)C(C)COC1CC(C)C(O)C(C)O1. The molecule has 3 heterocycles. The fourth-order valence-electron chi connectivity index (χ4n) is 7.68. The first kappa shape index (κ1) is 40.9. The van der Waals surface area contributed by atoms with Crippen molar-refractivity contribution in [2.75, 3.05) is 39.2 Å². The molecule has 284 valence electrons. The Hall–Kier alpha value is -1.89. The summed E-state index contributed by atoms with van der Waals surface area (Å²) in [5.41, 5.74) is 1.30. The number of hydrogen-bond acceptors (Lipinski definition) is 10. The van der Waals surface area contributed by atoms with Crippen molar-refractivity contribution in [3.05, 3.63) is 36.5 Å². The number of nitrogens with one attached hydrogen (secondary N) is 1. The van der Waals surface area contributed by atoms with Gasteiger partial charge in [-0.05, 0) is 78.1 Å². The average molecular weight is 702 g/mol. The number of ether oxygens (including phenoxy) is 5. The molecule has 1 aromatic carbocycles. The number of hydrogen-bond donors (Lipinski definition) is 3. The summed E-state index contributed by atoms with van der Waals surface area (Å²) in [6, 6.07) is 10.2. The van der Waals surface area contributed by atoms with Crippen molar-refractivity contribution >= 4 is 16.6 Å². The second-order valence-corrected chi connectivity index (χ2v) is 15.6. The van der Waals surface area contributed by atoms with E-state index in [1.165, 1.54) is 0 Å². The van der Waals surface area contributed by atoms with Gasteiger partial charge in [-0.1, -0.05) is 65.2 Å². The topological polar surface area (TPSA) is 115 Å². The van der Waals surface area contributed by atoms with Crippen LogP contribution in [0.5, 0.6) is 0 Å². The molecule has 10 nitrogen and oxygen atoms in total. The van der Waals surface area contributed by atoms with E-state index in [0.717, 1.165) is 61.7 Å². The summed E-state index contributed by atoms with van der Waals surface area (Å²) < 4.78 is 32.7. The minimum Gasteiger partial charge on any atom is -0.390 e. The van der Waals surface area contributed by atoms with Crippen LogP contribution >= 0.6 is 0 Å². The number of aliphatic hydroxyl groups excluding tert-OH is 2. The van der Waals surface area contributed by atoms with Gasteiger partial charge in [0, 0.05) is 30.3 Å². The summed E-state index contributed by atoms with van der Waals surface area (Å²) >= 11 is 0. The maximum absolute atomic E-state index is 11.5. The molecule has 0 bridgehead atoms. The van der Waals surface area contributed by atoms with E-state index in [2.05, 4.69) is 55.0 Å². The van der Waals surface area contributed by atoms with Crippen LogP contribution in [-0.4, -0.2) is 109 Å². The quantitative estimate of drug-likeness (QED) is 0.148. The number of pyridine rings is 1. The van der Waals surface area contributed by atoms with Crippen LogP contribution < -0.4 is 5.32 Å². The van der Waals surface area contributed by atoms with Gasteiger partial charge in [-0.15, -0.1) is 0 Å². The molecule has 0 saturated carbocycles. The van der Waals surface area contributed by atoms with E-state index < -0.39 is 36.5 Å². The Labute approximate surface area is 301 Å². The average Bonchev–Trinajstić information content (AvgIpc) is 3.09. The number of nitrogens with zero attached hydrogens (tertiary/aromatic N) is 2. The van der Waals surface area contributed by atoms with Crippen molar-refractivity contribution in [1.29, 1.82) is 0 Å². The van der Waals surface area contributed by atoms with E-state index in [1.807, 2.05) is 59.3 Å². The number of fused-ring (bicyclic) bond motifs is 1. The van der Waals surface area contributed by atoms with Gasteiger partial charge in [-0.25, -0.2) is 0 Å². The molecular weight excluding hydrogens is 634 g/mol. The molecule has 10 heteroatoms. The minimum atomic E-state index is -0.815. The molecule has 12 unspecified atom stereocenters. The molecule has 4 rings (SSSR count). The summed E-state index contributed by atoms with van der Waals surface area (Å²) in [4.78, 5) is 6.69. The largest absolute Gasteiger partial charge is 0.390 e. The lowest BCUT2D eigenvalue weighted by Gasteiger charge is -2.47. The summed E-state index contributed by atoms with van der Waals surface area (Å²) in [6.07, 6.45) is 4.82. The van der Waals surface area contributed by atoms with Crippen molar-refractivity contribution < 1.29 is 33.9 Å². The molecular formula is C40H67N3O7. The van der Waals surface area contributed by atoms with Crippen molar-refractivity contribution in [1.82, 2.24) is 9.88 Å². The molecule has 12 atom stereocenters. The normalized spacial score (nSPS) is 30.6. The summed E-state index contributed by atoms with van der Waals surface area (Å²) in [6.45, 7) is 16.3. The number of likely N-dealkylation sites (N-methyl/N-ethyl adjacent to an activating group) is 1. The monoisotopic (exact) mass is 701 g/mol. The lowest BCUT2D eigenvalue weighted by molar-refractivity contribution is -0.304. The molecule has 2 aromatic rings. The molecule has 2 aliphatic rings. The van der Waals surface area contributed by atoms with Gasteiger partial charge < -0.3 is 44.1 Å². The van der Waals surface area contributed by atoms with Crippen molar-refractivity contribution in [3.63, 3.8) is 0 Å². The van der Waals surface area contributed by atoms with E-state index in [1.54, 1.807) is 0 Å². The first-order valence-corrected chi connectivity index (χ1v) is 19.2. The zero-order valence-corrected chi connectivity index (χ0v) is 32.2. The highest BCUT2D eigenvalue weighted by Gasteiger charge is 2.46. The second kappa shape index (κ2) is 19.3. The lowest BCUT2D eigenvalue weighted by Crippen LogP contribution is -2.58. The predicted octanol–water partition coefficient (Wildman–Crippen LogP) is 6.62. The van der Waals surface area contributed by atoms with Crippen LogP contribution in [0.2, 0.25) is 0 Å². The Morgan fingerprint density at radius 1 is 1.04 bits per heavy atom. The highest BCUT2D eigenvalue weighted by molar-refractivity contribution is 5.81. The number of unbranched alkanes of at least 4 members (excludes halogenated alkanes) is 1. The number of rotatable bonds is 19. The molecule has 3 N–H and O–H groups in total. The lowest BCUT2D eigenvalue weighted by atomic mass is 9.85. The van der Waals surface area contributed by atoms with Gasteiger partial charge in [0.2, 0.25) is 0 Å². The standard InChI is InChI=1S/C40H67N3O7/c1-10-12-15-30(22-41-32-21-31-16-13-14-17-33(31)42-23-32)25-47-40(7,18-11-2)38(50-39-37(45)34(43(8)9)20-28(5)48-39)27(4)24-46-35-19-26(3)36(44)29(6)49-35/h13-14,16-17,21,23,26-30,34-39,41,44-45H,10-12,15,18-20,22,24-25H2,1-9H3. The summed E-state index contributed by atoms with van der Waals surface area (Å²) in [5.74, 6) is 0.230. The smallest absolute Gasteiger partial charge is 0.185 e. The molecule has 1 aromatic heterocycles. The maximum Gasteiger partial charge on any atom is 0.185 e. The third-order valence-corrected chi connectivity index (χ3v) is 10.8. The van der Waals surface area contributed by atoms with Crippen molar-refractivity contribution in [3.8, 4) is 0 Å². The highest BCUT2D eigenvalue weighted by Crippen LogP contribution is 2.36. The van der Waals surface area contributed by atoms with Crippen LogP contribution in [-0.2, 0) is 23.7 Å². The Morgan fingerprint density at radius 2 is 1.80 bits per heavy atom. The van der Waals surface area contributed by atoms with Gasteiger partial charge in [-0.3, -0.25) is 4.98 Å². The van der Waals surface area contributed by atoms with E-state index in [0.29, 0.717) is 19.6 Å². The second-order valence-electron chi connectivity index (χ2n) is 15.6.